The van der Waals surface area contributed by atoms with Crippen LogP contribution in [0.1, 0.15) is 52.0 Å². The van der Waals surface area contributed by atoms with Crippen molar-refractivity contribution in [3.05, 3.63) is 56.8 Å². The zero-order valence-corrected chi connectivity index (χ0v) is 13.7. The molecule has 1 aromatic heterocycles. The number of benzene rings is 1. The van der Waals surface area contributed by atoms with Crippen LogP contribution in [-0.2, 0) is 6.42 Å². The number of carbonyl (C=O) groups excluding carboxylic acids is 1. The molecule has 1 unspecified atom stereocenters. The van der Waals surface area contributed by atoms with Crippen molar-refractivity contribution in [2.24, 2.45) is 0 Å². The number of carbonyl (C=O) groups is 1. The van der Waals surface area contributed by atoms with Gasteiger partial charge in [-0.05, 0) is 38.0 Å². The third-order valence-electron chi connectivity index (χ3n) is 3.54. The Morgan fingerprint density at radius 3 is 2.68 bits per heavy atom. The predicted molar refractivity (Wildman–Crippen MR) is 85.3 cm³/mol. The summed E-state index contributed by atoms with van der Waals surface area (Å²) in [6, 6.07) is 4.75. The summed E-state index contributed by atoms with van der Waals surface area (Å²) >= 11 is 1.44. The van der Waals surface area contributed by atoms with Crippen molar-refractivity contribution in [1.29, 1.82) is 0 Å². The Morgan fingerprint density at radius 2 is 2.05 bits per heavy atom. The van der Waals surface area contributed by atoms with E-state index in [1.54, 1.807) is 6.92 Å². The van der Waals surface area contributed by atoms with Gasteiger partial charge in [-0.25, -0.2) is 8.78 Å². The molecule has 0 bridgehead atoms. The van der Waals surface area contributed by atoms with Gasteiger partial charge in [0.05, 0.1) is 10.9 Å². The second-order valence-electron chi connectivity index (χ2n) is 5.30. The maximum absolute atomic E-state index is 13.7. The van der Waals surface area contributed by atoms with E-state index >= 15 is 0 Å². The van der Waals surface area contributed by atoms with E-state index in [1.165, 1.54) is 29.0 Å². The van der Waals surface area contributed by atoms with Crippen LogP contribution in [-0.4, -0.2) is 5.91 Å². The average molecular weight is 323 g/mol. The van der Waals surface area contributed by atoms with Crippen LogP contribution in [0.4, 0.5) is 8.78 Å². The summed E-state index contributed by atoms with van der Waals surface area (Å²) in [5, 5.41) is 2.76. The lowest BCUT2D eigenvalue weighted by Crippen LogP contribution is -2.26. The number of hydrogen-bond acceptors (Lipinski definition) is 2. The Balaban J connectivity index is 2.12. The van der Waals surface area contributed by atoms with Crippen LogP contribution in [0.15, 0.2) is 24.3 Å². The summed E-state index contributed by atoms with van der Waals surface area (Å²) in [7, 11) is 0. The van der Waals surface area contributed by atoms with E-state index in [9.17, 15) is 13.6 Å². The first-order valence-corrected chi connectivity index (χ1v) is 8.09. The zero-order valence-electron chi connectivity index (χ0n) is 12.9. The van der Waals surface area contributed by atoms with Crippen LogP contribution in [0, 0.1) is 18.6 Å². The molecule has 1 amide bonds. The maximum Gasteiger partial charge on any atom is 0.261 e. The molecule has 0 radical (unpaired) electrons. The van der Waals surface area contributed by atoms with Crippen LogP contribution < -0.4 is 5.32 Å². The number of aryl methyl sites for hydroxylation is 2. The molecule has 0 aliphatic carbocycles. The summed E-state index contributed by atoms with van der Waals surface area (Å²) in [5.41, 5.74) is 1.45. The zero-order chi connectivity index (χ0) is 16.3. The molecule has 0 aliphatic rings. The third-order valence-corrected chi connectivity index (χ3v) is 4.63. The molecule has 2 rings (SSSR count). The molecule has 22 heavy (non-hydrogen) atoms. The molecule has 1 aromatic carbocycles. The first-order valence-electron chi connectivity index (χ1n) is 7.27. The SMILES string of the molecule is CCCc1cc(C(=O)NC(C)c2ccc(F)cc2F)sc1C. The van der Waals surface area contributed by atoms with Gasteiger partial charge < -0.3 is 5.32 Å². The average Bonchev–Trinajstić information content (AvgIpc) is 2.80. The van der Waals surface area contributed by atoms with Gasteiger partial charge in [0, 0.05) is 16.5 Å². The summed E-state index contributed by atoms with van der Waals surface area (Å²) in [5.74, 6) is -1.51. The van der Waals surface area contributed by atoms with Crippen molar-refractivity contribution in [3.8, 4) is 0 Å². The number of hydrogen-bond donors (Lipinski definition) is 1. The van der Waals surface area contributed by atoms with E-state index < -0.39 is 17.7 Å². The molecule has 1 N–H and O–H groups in total. The van der Waals surface area contributed by atoms with Gasteiger partial charge in [-0.2, -0.15) is 0 Å². The number of rotatable bonds is 5. The van der Waals surface area contributed by atoms with Crippen molar-refractivity contribution in [2.75, 3.05) is 0 Å². The molecule has 5 heteroatoms. The molecule has 0 aliphatic heterocycles. The summed E-state index contributed by atoms with van der Waals surface area (Å²) in [4.78, 5) is 14.0. The first kappa shape index (κ1) is 16.6. The fourth-order valence-electron chi connectivity index (χ4n) is 2.35. The van der Waals surface area contributed by atoms with E-state index in [4.69, 9.17) is 0 Å². The monoisotopic (exact) mass is 323 g/mol. The Kier molecular flexibility index (Phi) is 5.29. The molecule has 0 fully saturated rings. The van der Waals surface area contributed by atoms with E-state index in [2.05, 4.69) is 12.2 Å². The molecule has 0 spiro atoms. The second-order valence-corrected chi connectivity index (χ2v) is 6.56. The number of nitrogens with one attached hydrogen (secondary N) is 1. The van der Waals surface area contributed by atoms with E-state index in [1.807, 2.05) is 13.0 Å². The lowest BCUT2D eigenvalue weighted by molar-refractivity contribution is 0.0943. The molecule has 1 heterocycles. The smallest absolute Gasteiger partial charge is 0.261 e. The van der Waals surface area contributed by atoms with Crippen LogP contribution in [0.25, 0.3) is 0 Å². The molecule has 2 aromatic rings. The second kappa shape index (κ2) is 7.01. The fraction of sp³-hybridized carbons (Fsp3) is 0.353. The Morgan fingerprint density at radius 1 is 1.32 bits per heavy atom. The van der Waals surface area contributed by atoms with Gasteiger partial charge in [0.1, 0.15) is 11.6 Å². The van der Waals surface area contributed by atoms with Gasteiger partial charge in [-0.15, -0.1) is 11.3 Å². The van der Waals surface area contributed by atoms with Crippen LogP contribution in [0.3, 0.4) is 0 Å². The minimum atomic E-state index is -0.651. The molecule has 1 atom stereocenters. The van der Waals surface area contributed by atoms with Crippen molar-refractivity contribution < 1.29 is 13.6 Å². The van der Waals surface area contributed by atoms with Crippen molar-refractivity contribution in [3.63, 3.8) is 0 Å². The molecule has 118 valence electrons. The van der Waals surface area contributed by atoms with Crippen LogP contribution in [0.2, 0.25) is 0 Å². The molecule has 0 saturated heterocycles. The van der Waals surface area contributed by atoms with Crippen molar-refractivity contribution >= 4 is 17.2 Å². The number of thiophene rings is 1. The standard InChI is InChI=1S/C17H19F2NOS/c1-4-5-12-8-16(22-11(12)3)17(21)20-10(2)14-7-6-13(18)9-15(14)19/h6-10H,4-5H2,1-3H3,(H,20,21). The third kappa shape index (κ3) is 3.71. The Bertz CT molecular complexity index is 681. The first-order chi connectivity index (χ1) is 10.4. The molecular weight excluding hydrogens is 304 g/mol. The van der Waals surface area contributed by atoms with Crippen LogP contribution >= 0.6 is 11.3 Å². The van der Waals surface area contributed by atoms with Crippen LogP contribution in [0.5, 0.6) is 0 Å². The largest absolute Gasteiger partial charge is 0.345 e. The number of amides is 1. The molecule has 2 nitrogen and oxygen atoms in total. The normalized spacial score (nSPS) is 12.2. The van der Waals surface area contributed by atoms with Gasteiger partial charge in [0.2, 0.25) is 0 Å². The van der Waals surface area contributed by atoms with E-state index in [0.717, 1.165) is 23.8 Å². The van der Waals surface area contributed by atoms with Gasteiger partial charge in [-0.3, -0.25) is 4.79 Å². The molecule has 0 saturated carbocycles. The van der Waals surface area contributed by atoms with Gasteiger partial charge in [0.25, 0.3) is 5.91 Å². The summed E-state index contributed by atoms with van der Waals surface area (Å²) in [6.45, 7) is 5.77. The van der Waals surface area contributed by atoms with E-state index in [0.29, 0.717) is 4.88 Å². The van der Waals surface area contributed by atoms with Crippen molar-refractivity contribution in [1.82, 2.24) is 5.32 Å². The van der Waals surface area contributed by atoms with Gasteiger partial charge >= 0.3 is 0 Å². The quantitative estimate of drug-likeness (QED) is 0.843. The van der Waals surface area contributed by atoms with Gasteiger partial charge in [0.15, 0.2) is 0 Å². The Labute approximate surface area is 133 Å². The van der Waals surface area contributed by atoms with Gasteiger partial charge in [-0.1, -0.05) is 19.4 Å². The number of halogens is 2. The topological polar surface area (TPSA) is 29.1 Å². The lowest BCUT2D eigenvalue weighted by Gasteiger charge is -2.14. The summed E-state index contributed by atoms with van der Waals surface area (Å²) < 4.78 is 26.7. The van der Waals surface area contributed by atoms with E-state index in [-0.39, 0.29) is 11.5 Å². The highest BCUT2D eigenvalue weighted by Gasteiger charge is 2.17. The minimum absolute atomic E-state index is 0.230. The Hall–Kier alpha value is -1.75. The highest BCUT2D eigenvalue weighted by atomic mass is 32.1. The molecular formula is C17H19F2NOS. The van der Waals surface area contributed by atoms with Crippen molar-refractivity contribution in [2.45, 2.75) is 39.7 Å². The lowest BCUT2D eigenvalue weighted by atomic mass is 10.1. The minimum Gasteiger partial charge on any atom is -0.345 e. The highest BCUT2D eigenvalue weighted by Crippen LogP contribution is 2.24. The highest BCUT2D eigenvalue weighted by molar-refractivity contribution is 7.14. The predicted octanol–water partition coefficient (Wildman–Crippen LogP) is 4.78. The fourth-order valence-corrected chi connectivity index (χ4v) is 3.32. The summed E-state index contributed by atoms with van der Waals surface area (Å²) in [6.07, 6.45) is 1.97. The maximum atomic E-state index is 13.7.